The van der Waals surface area contributed by atoms with Gasteiger partial charge in [0.1, 0.15) is 5.75 Å². The Kier molecular flexibility index (Phi) is 5.44. The first kappa shape index (κ1) is 19.2. The average molecular weight is 379 g/mol. The van der Waals surface area contributed by atoms with E-state index in [1.165, 1.54) is 17.7 Å². The van der Waals surface area contributed by atoms with Crippen molar-refractivity contribution in [2.75, 3.05) is 28.3 Å². The van der Waals surface area contributed by atoms with Crippen molar-refractivity contribution >= 4 is 22.9 Å². The minimum absolute atomic E-state index is 0.234. The topological polar surface area (TPSA) is 73.7 Å². The zero-order chi connectivity index (χ0) is 20.3. The lowest BCUT2D eigenvalue weighted by Gasteiger charge is -2.11. The SMILES string of the molecule is COC(=O)c1cc2c(=O)n(-c3ccc(OC)cc3)ccc2nc1C=CN(C)C. The summed E-state index contributed by atoms with van der Waals surface area (Å²) in [5, 5.41) is 0.334. The smallest absolute Gasteiger partial charge is 0.340 e. The van der Waals surface area contributed by atoms with Gasteiger partial charge >= 0.3 is 5.97 Å². The van der Waals surface area contributed by atoms with Crippen molar-refractivity contribution in [1.29, 1.82) is 0 Å². The Morgan fingerprint density at radius 2 is 1.86 bits per heavy atom. The van der Waals surface area contributed by atoms with E-state index in [1.54, 1.807) is 55.9 Å². The van der Waals surface area contributed by atoms with Gasteiger partial charge in [0.2, 0.25) is 0 Å². The lowest BCUT2D eigenvalue weighted by molar-refractivity contribution is 0.0600. The van der Waals surface area contributed by atoms with E-state index in [-0.39, 0.29) is 11.1 Å². The van der Waals surface area contributed by atoms with Gasteiger partial charge in [-0.15, -0.1) is 0 Å². The van der Waals surface area contributed by atoms with Crippen LogP contribution in [0.4, 0.5) is 0 Å². The molecular weight excluding hydrogens is 358 g/mol. The van der Waals surface area contributed by atoms with Crippen LogP contribution >= 0.6 is 0 Å². The average Bonchev–Trinajstić information content (AvgIpc) is 2.71. The Morgan fingerprint density at radius 1 is 1.14 bits per heavy atom. The number of ether oxygens (including phenoxy) is 2. The van der Waals surface area contributed by atoms with Crippen LogP contribution in [0.25, 0.3) is 22.7 Å². The minimum atomic E-state index is -0.549. The highest BCUT2D eigenvalue weighted by Gasteiger charge is 2.16. The third kappa shape index (κ3) is 3.73. The number of benzene rings is 1. The summed E-state index contributed by atoms with van der Waals surface area (Å²) in [6, 6.07) is 10.4. The summed E-state index contributed by atoms with van der Waals surface area (Å²) < 4.78 is 11.5. The summed E-state index contributed by atoms with van der Waals surface area (Å²) in [4.78, 5) is 31.6. The Labute approximate surface area is 162 Å². The van der Waals surface area contributed by atoms with Gasteiger partial charge < -0.3 is 14.4 Å². The number of rotatable bonds is 5. The van der Waals surface area contributed by atoms with Gasteiger partial charge in [0.15, 0.2) is 0 Å². The van der Waals surface area contributed by atoms with Crippen molar-refractivity contribution in [3.63, 3.8) is 0 Å². The molecule has 0 N–H and O–H groups in total. The highest BCUT2D eigenvalue weighted by atomic mass is 16.5. The van der Waals surface area contributed by atoms with Crippen molar-refractivity contribution < 1.29 is 14.3 Å². The molecule has 3 aromatic rings. The molecule has 0 bridgehead atoms. The molecule has 1 aromatic carbocycles. The molecule has 0 aliphatic rings. The second kappa shape index (κ2) is 7.96. The first-order chi connectivity index (χ1) is 13.4. The Bertz CT molecular complexity index is 1100. The summed E-state index contributed by atoms with van der Waals surface area (Å²) in [5.74, 6) is 0.150. The highest BCUT2D eigenvalue weighted by Crippen LogP contribution is 2.19. The quantitative estimate of drug-likeness (QED) is 0.635. The molecule has 7 nitrogen and oxygen atoms in total. The third-order valence-electron chi connectivity index (χ3n) is 4.20. The maximum atomic E-state index is 13.0. The molecule has 2 aromatic heterocycles. The molecule has 7 heteroatoms. The van der Waals surface area contributed by atoms with E-state index < -0.39 is 5.97 Å². The van der Waals surface area contributed by atoms with E-state index in [9.17, 15) is 9.59 Å². The van der Waals surface area contributed by atoms with Crippen LogP contribution in [0, 0.1) is 0 Å². The third-order valence-corrected chi connectivity index (χ3v) is 4.20. The summed E-state index contributed by atoms with van der Waals surface area (Å²) in [6.45, 7) is 0. The van der Waals surface area contributed by atoms with Gasteiger partial charge in [0.05, 0.1) is 36.4 Å². The number of hydrogen-bond donors (Lipinski definition) is 0. The van der Waals surface area contributed by atoms with Gasteiger partial charge in [-0.25, -0.2) is 9.78 Å². The molecule has 0 unspecified atom stereocenters. The predicted octanol–water partition coefficient (Wildman–Crippen LogP) is 2.71. The molecule has 0 aliphatic heterocycles. The number of pyridine rings is 2. The maximum absolute atomic E-state index is 13.0. The van der Waals surface area contributed by atoms with Crippen molar-refractivity contribution in [1.82, 2.24) is 14.5 Å². The van der Waals surface area contributed by atoms with Gasteiger partial charge in [0.25, 0.3) is 5.56 Å². The normalized spacial score (nSPS) is 11.0. The first-order valence-electron chi connectivity index (χ1n) is 8.58. The second-order valence-corrected chi connectivity index (χ2v) is 6.31. The van der Waals surface area contributed by atoms with E-state index in [0.29, 0.717) is 28.0 Å². The molecule has 0 fully saturated rings. The summed E-state index contributed by atoms with van der Waals surface area (Å²) in [7, 11) is 6.61. The molecule has 0 radical (unpaired) electrons. The van der Waals surface area contributed by atoms with E-state index in [0.717, 1.165) is 0 Å². The fraction of sp³-hybridized carbons (Fsp3) is 0.190. The van der Waals surface area contributed by atoms with Crippen molar-refractivity contribution in [2.45, 2.75) is 0 Å². The molecule has 28 heavy (non-hydrogen) atoms. The lowest BCUT2D eigenvalue weighted by atomic mass is 10.1. The fourth-order valence-corrected chi connectivity index (χ4v) is 2.75. The number of methoxy groups -OCH3 is 2. The lowest BCUT2D eigenvalue weighted by Crippen LogP contribution is -2.19. The Morgan fingerprint density at radius 3 is 2.46 bits per heavy atom. The molecule has 3 rings (SSSR count). The number of aromatic nitrogens is 2. The molecule has 0 amide bonds. The largest absolute Gasteiger partial charge is 0.497 e. The molecule has 0 atom stereocenters. The number of esters is 1. The van der Waals surface area contributed by atoms with Gasteiger partial charge in [-0.1, -0.05) is 0 Å². The second-order valence-electron chi connectivity index (χ2n) is 6.31. The van der Waals surface area contributed by atoms with Crippen LogP contribution in [0.5, 0.6) is 5.75 Å². The summed E-state index contributed by atoms with van der Waals surface area (Å²) in [5.41, 5.74) is 1.58. The summed E-state index contributed by atoms with van der Waals surface area (Å²) >= 11 is 0. The predicted molar refractivity (Wildman–Crippen MR) is 108 cm³/mol. The van der Waals surface area contributed by atoms with Crippen molar-refractivity contribution in [2.24, 2.45) is 0 Å². The molecule has 0 aliphatic carbocycles. The van der Waals surface area contributed by atoms with E-state index in [1.807, 2.05) is 19.0 Å². The Balaban J connectivity index is 2.19. The number of fused-ring (bicyclic) bond motifs is 1. The molecule has 144 valence electrons. The Hall–Kier alpha value is -3.61. The maximum Gasteiger partial charge on any atom is 0.340 e. The van der Waals surface area contributed by atoms with Crippen LogP contribution in [0.3, 0.4) is 0 Å². The van der Waals surface area contributed by atoms with Crippen LogP contribution in [-0.4, -0.2) is 48.7 Å². The van der Waals surface area contributed by atoms with E-state index >= 15 is 0 Å². The number of nitrogens with zero attached hydrogens (tertiary/aromatic N) is 3. The summed E-state index contributed by atoms with van der Waals surface area (Å²) in [6.07, 6.45) is 5.15. The zero-order valence-electron chi connectivity index (χ0n) is 16.2. The number of hydrogen-bond acceptors (Lipinski definition) is 6. The van der Waals surface area contributed by atoms with Crippen LogP contribution in [0.1, 0.15) is 16.1 Å². The van der Waals surface area contributed by atoms with Crippen LogP contribution in [-0.2, 0) is 4.74 Å². The molecular formula is C21H21N3O4. The minimum Gasteiger partial charge on any atom is -0.497 e. The van der Waals surface area contributed by atoms with Gasteiger partial charge in [0, 0.05) is 32.2 Å². The molecule has 2 heterocycles. The van der Waals surface area contributed by atoms with Crippen LogP contribution < -0.4 is 10.3 Å². The monoisotopic (exact) mass is 379 g/mol. The first-order valence-corrected chi connectivity index (χ1v) is 8.58. The number of carbonyl (C=O) groups is 1. The zero-order valence-corrected chi connectivity index (χ0v) is 16.2. The highest BCUT2D eigenvalue weighted by molar-refractivity contribution is 5.97. The molecule has 0 spiro atoms. The standard InChI is InChI=1S/C21H21N3O4/c1-23(2)11-9-19-17(21(26)28-4)13-16-18(22-19)10-12-24(20(16)25)14-5-7-15(27-3)8-6-14/h5-13H,1-4H3. The van der Waals surface area contributed by atoms with Crippen LogP contribution in [0.2, 0.25) is 0 Å². The van der Waals surface area contributed by atoms with Gasteiger partial charge in [-0.3, -0.25) is 9.36 Å². The van der Waals surface area contributed by atoms with Gasteiger partial charge in [-0.05, 0) is 42.5 Å². The van der Waals surface area contributed by atoms with Crippen molar-refractivity contribution in [3.8, 4) is 11.4 Å². The van der Waals surface area contributed by atoms with Crippen molar-refractivity contribution in [3.05, 3.63) is 70.4 Å². The van der Waals surface area contributed by atoms with E-state index in [2.05, 4.69) is 4.98 Å². The van der Waals surface area contributed by atoms with E-state index in [4.69, 9.17) is 9.47 Å². The van der Waals surface area contributed by atoms with Crippen LogP contribution in [0.15, 0.2) is 53.6 Å². The van der Waals surface area contributed by atoms with Gasteiger partial charge in [-0.2, -0.15) is 0 Å². The molecule has 0 saturated carbocycles. The number of carbonyl (C=O) groups excluding carboxylic acids is 1. The fourth-order valence-electron chi connectivity index (χ4n) is 2.75. The molecule has 0 saturated heterocycles.